The van der Waals surface area contributed by atoms with Crippen LogP contribution in [-0.4, -0.2) is 43.0 Å². The summed E-state index contributed by atoms with van der Waals surface area (Å²) >= 11 is 3.40. The molecule has 1 unspecified atom stereocenters. The van der Waals surface area contributed by atoms with Crippen molar-refractivity contribution in [3.8, 4) is 0 Å². The van der Waals surface area contributed by atoms with Crippen molar-refractivity contribution in [1.82, 2.24) is 10.4 Å². The van der Waals surface area contributed by atoms with E-state index < -0.39 is 6.10 Å². The van der Waals surface area contributed by atoms with Crippen LogP contribution in [0.4, 0.5) is 0 Å². The Bertz CT molecular complexity index is 356. The van der Waals surface area contributed by atoms with Crippen molar-refractivity contribution in [3.63, 3.8) is 0 Å². The number of halogens is 1. The van der Waals surface area contributed by atoms with E-state index in [9.17, 15) is 5.11 Å². The van der Waals surface area contributed by atoms with E-state index in [1.54, 1.807) is 0 Å². The van der Waals surface area contributed by atoms with E-state index in [4.69, 9.17) is 4.74 Å². The molecule has 0 radical (unpaired) electrons. The molecule has 1 atom stereocenters. The largest absolute Gasteiger partial charge is 0.387 e. The average Bonchev–Trinajstić information content (AvgIpc) is 2.37. The number of hydrazine groups is 1. The lowest BCUT2D eigenvalue weighted by molar-refractivity contribution is 0.00312. The molecular formula is C12H17BrN2O2. The fourth-order valence-corrected chi connectivity index (χ4v) is 2.19. The van der Waals surface area contributed by atoms with Crippen molar-refractivity contribution < 1.29 is 9.84 Å². The quantitative estimate of drug-likeness (QED) is 0.880. The van der Waals surface area contributed by atoms with Gasteiger partial charge in [0.05, 0.1) is 19.3 Å². The molecule has 4 nitrogen and oxygen atoms in total. The zero-order valence-electron chi connectivity index (χ0n) is 9.60. The number of ether oxygens (including phenoxy) is 1. The first-order valence-corrected chi connectivity index (χ1v) is 6.55. The highest BCUT2D eigenvalue weighted by atomic mass is 79.9. The molecule has 0 spiro atoms. The highest BCUT2D eigenvalue weighted by Gasteiger charge is 2.12. The van der Waals surface area contributed by atoms with Gasteiger partial charge in [0.2, 0.25) is 0 Å². The van der Waals surface area contributed by atoms with Crippen LogP contribution in [0.3, 0.4) is 0 Å². The summed E-state index contributed by atoms with van der Waals surface area (Å²) in [4.78, 5) is 0. The van der Waals surface area contributed by atoms with E-state index in [0.29, 0.717) is 6.54 Å². The molecule has 1 fully saturated rings. The first-order chi connectivity index (χ1) is 8.25. The van der Waals surface area contributed by atoms with Crippen molar-refractivity contribution in [3.05, 3.63) is 34.3 Å². The molecule has 0 aliphatic carbocycles. The summed E-state index contributed by atoms with van der Waals surface area (Å²) < 4.78 is 6.24. The second kappa shape index (κ2) is 6.47. The Morgan fingerprint density at radius 2 is 2.18 bits per heavy atom. The van der Waals surface area contributed by atoms with Crippen molar-refractivity contribution in [1.29, 1.82) is 0 Å². The van der Waals surface area contributed by atoms with Gasteiger partial charge in [-0.1, -0.05) is 28.1 Å². The average molecular weight is 301 g/mol. The number of aliphatic hydroxyl groups is 1. The summed E-state index contributed by atoms with van der Waals surface area (Å²) in [5, 5.41) is 12.1. The third-order valence-electron chi connectivity index (χ3n) is 2.75. The highest BCUT2D eigenvalue weighted by molar-refractivity contribution is 9.10. The molecule has 0 aromatic heterocycles. The monoisotopic (exact) mass is 300 g/mol. The lowest BCUT2D eigenvalue weighted by Gasteiger charge is -2.28. The maximum Gasteiger partial charge on any atom is 0.0928 e. The number of morpholine rings is 1. The van der Waals surface area contributed by atoms with E-state index in [-0.39, 0.29) is 0 Å². The molecule has 0 saturated carbocycles. The summed E-state index contributed by atoms with van der Waals surface area (Å²) in [6.45, 7) is 3.76. The van der Waals surface area contributed by atoms with E-state index >= 15 is 0 Å². The second-order valence-corrected chi connectivity index (χ2v) is 4.95. The van der Waals surface area contributed by atoms with Gasteiger partial charge in [0.15, 0.2) is 0 Å². The lowest BCUT2D eigenvalue weighted by atomic mass is 10.1. The van der Waals surface area contributed by atoms with Crippen LogP contribution in [0.1, 0.15) is 11.7 Å². The molecular weight excluding hydrogens is 284 g/mol. The molecule has 1 saturated heterocycles. The van der Waals surface area contributed by atoms with Crippen molar-refractivity contribution in [2.75, 3.05) is 32.8 Å². The molecule has 1 aromatic carbocycles. The highest BCUT2D eigenvalue weighted by Crippen LogP contribution is 2.17. The third-order valence-corrected chi connectivity index (χ3v) is 3.25. The van der Waals surface area contributed by atoms with E-state index in [1.165, 1.54) is 0 Å². The van der Waals surface area contributed by atoms with E-state index in [0.717, 1.165) is 36.3 Å². The Kier molecular flexibility index (Phi) is 4.94. The van der Waals surface area contributed by atoms with Gasteiger partial charge in [-0.2, -0.15) is 0 Å². The summed E-state index contributed by atoms with van der Waals surface area (Å²) in [7, 11) is 0. The van der Waals surface area contributed by atoms with Crippen LogP contribution in [0.2, 0.25) is 0 Å². The standard InChI is InChI=1S/C12H17BrN2O2/c13-11-3-1-2-10(8-11)12(16)9-14-15-4-6-17-7-5-15/h1-3,8,12,14,16H,4-7,9H2. The summed E-state index contributed by atoms with van der Waals surface area (Å²) in [5.41, 5.74) is 4.14. The minimum absolute atomic E-state index is 0.490. The first kappa shape index (κ1) is 13.0. The molecule has 2 N–H and O–H groups in total. The Labute approximate surface area is 110 Å². The van der Waals surface area contributed by atoms with Gasteiger partial charge in [-0.05, 0) is 17.7 Å². The molecule has 2 rings (SSSR count). The van der Waals surface area contributed by atoms with Gasteiger partial charge in [0.25, 0.3) is 0 Å². The Balaban J connectivity index is 1.82. The number of aliphatic hydroxyl groups excluding tert-OH is 1. The molecule has 0 amide bonds. The number of rotatable bonds is 4. The predicted molar refractivity (Wildman–Crippen MR) is 69.5 cm³/mol. The van der Waals surface area contributed by atoms with Crippen LogP contribution in [0.25, 0.3) is 0 Å². The van der Waals surface area contributed by atoms with Crippen LogP contribution in [0.5, 0.6) is 0 Å². The van der Waals surface area contributed by atoms with Crippen molar-refractivity contribution in [2.45, 2.75) is 6.10 Å². The molecule has 17 heavy (non-hydrogen) atoms. The predicted octanol–water partition coefficient (Wildman–Crippen LogP) is 1.32. The fraction of sp³-hybridized carbons (Fsp3) is 0.500. The Hall–Kier alpha value is -0.460. The smallest absolute Gasteiger partial charge is 0.0928 e. The van der Waals surface area contributed by atoms with Crippen LogP contribution >= 0.6 is 15.9 Å². The van der Waals surface area contributed by atoms with Gasteiger partial charge in [-0.15, -0.1) is 0 Å². The third kappa shape index (κ3) is 4.04. The minimum Gasteiger partial charge on any atom is -0.387 e. The van der Waals surface area contributed by atoms with Gasteiger partial charge in [-0.3, -0.25) is 5.43 Å². The first-order valence-electron chi connectivity index (χ1n) is 5.75. The summed E-state index contributed by atoms with van der Waals surface area (Å²) in [5.74, 6) is 0. The molecule has 1 heterocycles. The van der Waals surface area contributed by atoms with Gasteiger partial charge in [0, 0.05) is 24.1 Å². The zero-order valence-corrected chi connectivity index (χ0v) is 11.2. The number of nitrogens with one attached hydrogen (secondary N) is 1. The van der Waals surface area contributed by atoms with Gasteiger partial charge in [0.1, 0.15) is 0 Å². The molecule has 1 aliphatic rings. The zero-order chi connectivity index (χ0) is 12.1. The SMILES string of the molecule is OC(CNN1CCOCC1)c1cccc(Br)c1. The maximum absolute atomic E-state index is 10.0. The molecule has 1 aromatic rings. The summed E-state index contributed by atoms with van der Waals surface area (Å²) in [6, 6.07) is 7.74. The van der Waals surface area contributed by atoms with Crippen LogP contribution in [-0.2, 0) is 4.74 Å². The maximum atomic E-state index is 10.0. The van der Waals surface area contributed by atoms with Gasteiger partial charge >= 0.3 is 0 Å². The molecule has 1 aliphatic heterocycles. The number of benzene rings is 1. The molecule has 0 bridgehead atoms. The second-order valence-electron chi connectivity index (χ2n) is 4.03. The number of nitrogens with zero attached hydrogens (tertiary/aromatic N) is 1. The fourth-order valence-electron chi connectivity index (χ4n) is 1.77. The van der Waals surface area contributed by atoms with Crippen LogP contribution in [0, 0.1) is 0 Å². The minimum atomic E-state index is -0.490. The topological polar surface area (TPSA) is 44.7 Å². The van der Waals surface area contributed by atoms with Crippen molar-refractivity contribution in [2.24, 2.45) is 0 Å². The normalized spacial score (nSPS) is 19.2. The van der Waals surface area contributed by atoms with Crippen molar-refractivity contribution >= 4 is 15.9 Å². The molecule has 5 heteroatoms. The van der Waals surface area contributed by atoms with E-state index in [2.05, 4.69) is 26.4 Å². The van der Waals surface area contributed by atoms with Crippen LogP contribution < -0.4 is 5.43 Å². The number of hydrogen-bond acceptors (Lipinski definition) is 4. The van der Waals surface area contributed by atoms with Gasteiger partial charge < -0.3 is 9.84 Å². The summed E-state index contributed by atoms with van der Waals surface area (Å²) in [6.07, 6.45) is -0.490. The Morgan fingerprint density at radius 3 is 2.88 bits per heavy atom. The Morgan fingerprint density at radius 1 is 1.41 bits per heavy atom. The van der Waals surface area contributed by atoms with Crippen LogP contribution in [0.15, 0.2) is 28.7 Å². The molecule has 94 valence electrons. The number of hydrogen-bond donors (Lipinski definition) is 2. The van der Waals surface area contributed by atoms with E-state index in [1.807, 2.05) is 24.3 Å². The van der Waals surface area contributed by atoms with Gasteiger partial charge in [-0.25, -0.2) is 5.01 Å². The lowest BCUT2D eigenvalue weighted by Crippen LogP contribution is -2.47.